The number of hydrogen-bond donors (Lipinski definition) is 1. The van der Waals surface area contributed by atoms with Crippen LogP contribution >= 0.6 is 61.7 Å². The molecule has 0 heterocycles. The van der Waals surface area contributed by atoms with Crippen LogP contribution in [0.1, 0.15) is 15.9 Å². The number of nitrogens with one attached hydrogen (secondary N) is 1. The molecule has 20 heavy (non-hydrogen) atoms. The average molecular weight is 485 g/mol. The number of aryl methyl sites for hydroxylation is 1. The molecule has 0 fully saturated rings. The van der Waals surface area contributed by atoms with Crippen LogP contribution in [0.5, 0.6) is 0 Å². The molecule has 0 saturated carbocycles. The number of amides is 1. The van der Waals surface area contributed by atoms with Gasteiger partial charge in [-0.3, -0.25) is 4.79 Å². The van der Waals surface area contributed by atoms with Gasteiger partial charge in [0.25, 0.3) is 5.91 Å². The number of halogens is 4. The second-order valence-electron chi connectivity index (χ2n) is 4.14. The van der Waals surface area contributed by atoms with E-state index in [1.165, 1.54) is 0 Å². The van der Waals surface area contributed by atoms with Crippen molar-refractivity contribution in [3.63, 3.8) is 0 Å². The van der Waals surface area contributed by atoms with E-state index in [0.29, 0.717) is 21.3 Å². The molecule has 0 atom stereocenters. The lowest BCUT2D eigenvalue weighted by molar-refractivity contribution is 0.102. The first-order valence-electron chi connectivity index (χ1n) is 5.61. The molecule has 2 rings (SSSR count). The Bertz CT molecular complexity index is 668. The predicted octanol–water partition coefficient (Wildman–Crippen LogP) is 5.92. The van der Waals surface area contributed by atoms with E-state index in [9.17, 15) is 4.79 Å². The molecule has 6 heteroatoms. The van der Waals surface area contributed by atoms with Crippen LogP contribution in [-0.2, 0) is 0 Å². The van der Waals surface area contributed by atoms with E-state index < -0.39 is 0 Å². The van der Waals surface area contributed by atoms with Gasteiger partial charge in [-0.05, 0) is 53.3 Å². The Morgan fingerprint density at radius 1 is 1.25 bits per heavy atom. The first-order chi connectivity index (χ1) is 9.40. The van der Waals surface area contributed by atoms with Gasteiger partial charge < -0.3 is 5.32 Å². The van der Waals surface area contributed by atoms with Crippen LogP contribution in [0.3, 0.4) is 0 Å². The summed E-state index contributed by atoms with van der Waals surface area (Å²) < 4.78 is 1.67. The van der Waals surface area contributed by atoms with Gasteiger partial charge in [0.05, 0.1) is 21.3 Å². The van der Waals surface area contributed by atoms with Gasteiger partial charge in [-0.15, -0.1) is 0 Å². The third-order valence-electron chi connectivity index (χ3n) is 2.68. The lowest BCUT2D eigenvalue weighted by Gasteiger charge is -2.11. The summed E-state index contributed by atoms with van der Waals surface area (Å²) in [7, 11) is 0. The van der Waals surface area contributed by atoms with E-state index >= 15 is 0 Å². The number of hydrogen-bond acceptors (Lipinski definition) is 1. The molecule has 0 aliphatic heterocycles. The molecule has 2 aromatic carbocycles. The van der Waals surface area contributed by atoms with Gasteiger partial charge in [0.15, 0.2) is 0 Å². The average Bonchev–Trinajstić information content (AvgIpc) is 2.36. The fourth-order valence-corrected chi connectivity index (χ4v) is 3.57. The van der Waals surface area contributed by atoms with Gasteiger partial charge in [0, 0.05) is 8.04 Å². The third kappa shape index (κ3) is 3.47. The zero-order valence-electron chi connectivity index (χ0n) is 10.3. The molecule has 2 nitrogen and oxygen atoms in total. The number of benzene rings is 2. The molecule has 2 aromatic rings. The topological polar surface area (TPSA) is 29.1 Å². The van der Waals surface area contributed by atoms with Crippen LogP contribution in [0.15, 0.2) is 34.8 Å². The van der Waals surface area contributed by atoms with Crippen molar-refractivity contribution in [3.8, 4) is 0 Å². The Morgan fingerprint density at radius 2 is 1.85 bits per heavy atom. The van der Waals surface area contributed by atoms with Gasteiger partial charge in [-0.1, -0.05) is 51.3 Å². The standard InChI is InChI=1S/C14H9BrCl2INO/c1-7-3-2-4-9(12(7)18)14(20)19-13-10(16)5-8(15)6-11(13)17/h2-6H,1H3,(H,19,20). The fourth-order valence-electron chi connectivity index (χ4n) is 1.67. The summed E-state index contributed by atoms with van der Waals surface area (Å²) in [5.41, 5.74) is 2.06. The molecule has 1 amide bonds. The maximum absolute atomic E-state index is 12.3. The first-order valence-corrected chi connectivity index (χ1v) is 8.24. The van der Waals surface area contributed by atoms with Crippen LogP contribution in [0, 0.1) is 10.5 Å². The molecule has 0 saturated heterocycles. The molecule has 0 aliphatic carbocycles. The monoisotopic (exact) mass is 483 g/mol. The lowest BCUT2D eigenvalue weighted by atomic mass is 10.1. The minimum absolute atomic E-state index is 0.232. The molecule has 0 aromatic heterocycles. The van der Waals surface area contributed by atoms with Crippen LogP contribution in [0.25, 0.3) is 0 Å². The smallest absolute Gasteiger partial charge is 0.256 e. The number of rotatable bonds is 2. The van der Waals surface area contributed by atoms with Gasteiger partial charge >= 0.3 is 0 Å². The molecule has 104 valence electrons. The predicted molar refractivity (Wildman–Crippen MR) is 96.0 cm³/mol. The Labute approximate surface area is 149 Å². The number of carbonyl (C=O) groups excluding carboxylic acids is 1. The van der Waals surface area contributed by atoms with Crippen molar-refractivity contribution in [2.75, 3.05) is 5.32 Å². The second-order valence-corrected chi connectivity index (χ2v) is 6.94. The highest BCUT2D eigenvalue weighted by Crippen LogP contribution is 2.34. The van der Waals surface area contributed by atoms with Crippen molar-refractivity contribution < 1.29 is 4.79 Å². The molecular weight excluding hydrogens is 476 g/mol. The van der Waals surface area contributed by atoms with Gasteiger partial charge in [-0.25, -0.2) is 0 Å². The van der Waals surface area contributed by atoms with Gasteiger partial charge in [-0.2, -0.15) is 0 Å². The van der Waals surface area contributed by atoms with Crippen LogP contribution in [0.4, 0.5) is 5.69 Å². The molecule has 0 bridgehead atoms. The maximum atomic E-state index is 12.3. The van der Waals surface area contributed by atoms with Crippen molar-refractivity contribution in [2.45, 2.75) is 6.92 Å². The zero-order valence-corrected chi connectivity index (χ0v) is 15.6. The Balaban J connectivity index is 2.36. The van der Waals surface area contributed by atoms with Gasteiger partial charge in [0.2, 0.25) is 0 Å². The second kappa shape index (κ2) is 6.64. The van der Waals surface area contributed by atoms with E-state index in [-0.39, 0.29) is 5.91 Å². The van der Waals surface area contributed by atoms with E-state index in [1.54, 1.807) is 18.2 Å². The molecule has 0 unspecified atom stereocenters. The maximum Gasteiger partial charge on any atom is 0.256 e. The van der Waals surface area contributed by atoms with Crippen molar-refractivity contribution in [3.05, 3.63) is 59.5 Å². The highest BCUT2D eigenvalue weighted by molar-refractivity contribution is 14.1. The van der Waals surface area contributed by atoms with Crippen LogP contribution in [-0.4, -0.2) is 5.91 Å². The Kier molecular flexibility index (Phi) is 5.34. The number of anilines is 1. The van der Waals surface area contributed by atoms with Crippen molar-refractivity contribution in [1.29, 1.82) is 0 Å². The van der Waals surface area contributed by atoms with Gasteiger partial charge in [0.1, 0.15) is 0 Å². The van der Waals surface area contributed by atoms with Crippen LogP contribution < -0.4 is 5.32 Å². The Morgan fingerprint density at radius 3 is 2.45 bits per heavy atom. The summed E-state index contributed by atoms with van der Waals surface area (Å²) in [6, 6.07) is 8.94. The highest BCUT2D eigenvalue weighted by atomic mass is 127. The molecule has 1 N–H and O–H groups in total. The normalized spacial score (nSPS) is 10.4. The summed E-state index contributed by atoms with van der Waals surface area (Å²) >= 11 is 17.7. The zero-order chi connectivity index (χ0) is 14.9. The van der Waals surface area contributed by atoms with Crippen molar-refractivity contribution in [2.24, 2.45) is 0 Å². The summed E-state index contributed by atoms with van der Waals surface area (Å²) in [5, 5.41) is 3.54. The SMILES string of the molecule is Cc1cccc(C(=O)Nc2c(Cl)cc(Br)cc2Cl)c1I. The van der Waals surface area contributed by atoms with Crippen LogP contribution in [0.2, 0.25) is 10.0 Å². The van der Waals surface area contributed by atoms with E-state index in [4.69, 9.17) is 23.2 Å². The highest BCUT2D eigenvalue weighted by Gasteiger charge is 2.15. The minimum atomic E-state index is -0.232. The van der Waals surface area contributed by atoms with Crippen molar-refractivity contribution in [1.82, 2.24) is 0 Å². The quantitative estimate of drug-likeness (QED) is 0.527. The van der Waals surface area contributed by atoms with E-state index in [1.807, 2.05) is 19.1 Å². The Hall–Kier alpha value is -0.300. The fraction of sp³-hybridized carbons (Fsp3) is 0.0714. The molecule has 0 aliphatic rings. The summed E-state index contributed by atoms with van der Waals surface area (Å²) in [4.78, 5) is 12.3. The molecule has 0 spiro atoms. The largest absolute Gasteiger partial charge is 0.319 e. The third-order valence-corrected chi connectivity index (χ3v) is 5.17. The number of carbonyl (C=O) groups is 1. The lowest BCUT2D eigenvalue weighted by Crippen LogP contribution is -2.14. The van der Waals surface area contributed by atoms with E-state index in [0.717, 1.165) is 13.6 Å². The summed E-state index contributed by atoms with van der Waals surface area (Å²) in [5.74, 6) is -0.232. The van der Waals surface area contributed by atoms with Crippen molar-refractivity contribution >= 4 is 73.3 Å². The molecule has 0 radical (unpaired) electrons. The molecular formula is C14H9BrCl2INO. The minimum Gasteiger partial charge on any atom is -0.319 e. The summed E-state index contributed by atoms with van der Waals surface area (Å²) in [6.07, 6.45) is 0. The first kappa shape index (κ1) is 16.1. The van der Waals surface area contributed by atoms with E-state index in [2.05, 4.69) is 43.8 Å². The summed E-state index contributed by atoms with van der Waals surface area (Å²) in [6.45, 7) is 1.96.